The minimum absolute atomic E-state index is 0.129. The fraction of sp³-hybridized carbons (Fsp3) is 0.882. The molecular weight excluding hydrogens is 308 g/mol. The average Bonchev–Trinajstić information content (AvgIpc) is 2.40. The first-order chi connectivity index (χ1) is 11.0. The topological polar surface area (TPSA) is 65.1 Å². The van der Waals surface area contributed by atoms with Crippen LogP contribution in [0.2, 0.25) is 0 Å². The summed E-state index contributed by atoms with van der Waals surface area (Å²) in [5.41, 5.74) is -0.505. The third-order valence-corrected chi connectivity index (χ3v) is 3.22. The van der Waals surface area contributed by atoms with E-state index < -0.39 is 11.7 Å². The van der Waals surface area contributed by atoms with Crippen LogP contribution in [-0.4, -0.2) is 93.2 Å². The third-order valence-electron chi connectivity index (χ3n) is 3.22. The van der Waals surface area contributed by atoms with Crippen LogP contribution in [0.3, 0.4) is 0 Å². The summed E-state index contributed by atoms with van der Waals surface area (Å²) < 4.78 is 5.17. The summed E-state index contributed by atoms with van der Waals surface area (Å²) in [5, 5.41) is 2.69. The maximum atomic E-state index is 12.4. The van der Waals surface area contributed by atoms with Crippen LogP contribution in [0.5, 0.6) is 0 Å². The van der Waals surface area contributed by atoms with Crippen LogP contribution in [0, 0.1) is 0 Å². The summed E-state index contributed by atoms with van der Waals surface area (Å²) in [6.07, 6.45) is 0.599. The molecule has 0 atom stereocenters. The lowest BCUT2D eigenvalue weighted by Gasteiger charge is -2.26. The molecule has 0 aliphatic rings. The molecule has 0 saturated carbocycles. The van der Waals surface area contributed by atoms with Crippen LogP contribution in [0.4, 0.5) is 4.79 Å². The van der Waals surface area contributed by atoms with Crippen molar-refractivity contribution in [3.63, 3.8) is 0 Å². The molecule has 0 unspecified atom stereocenters. The Morgan fingerprint density at radius 3 is 1.83 bits per heavy atom. The number of nitrogens with one attached hydrogen (secondary N) is 1. The summed E-state index contributed by atoms with van der Waals surface area (Å²) in [4.78, 5) is 30.0. The molecule has 0 saturated heterocycles. The van der Waals surface area contributed by atoms with Crippen LogP contribution < -0.4 is 5.32 Å². The first-order valence-corrected chi connectivity index (χ1v) is 8.55. The Morgan fingerprint density at radius 2 is 1.42 bits per heavy atom. The number of hydrogen-bond acceptors (Lipinski definition) is 5. The van der Waals surface area contributed by atoms with Crippen LogP contribution in [-0.2, 0) is 9.53 Å². The van der Waals surface area contributed by atoms with Crippen LogP contribution in [0.25, 0.3) is 0 Å². The molecule has 0 aliphatic carbocycles. The zero-order valence-corrected chi connectivity index (χ0v) is 16.5. The SMILES string of the molecule is CN(C)CCN(CCN(C)C)C(=O)CCCNC(=O)OC(C)(C)C. The van der Waals surface area contributed by atoms with Gasteiger partial charge < -0.3 is 24.8 Å². The van der Waals surface area contributed by atoms with Gasteiger partial charge in [-0.1, -0.05) is 0 Å². The first kappa shape index (κ1) is 22.7. The fourth-order valence-corrected chi connectivity index (χ4v) is 1.90. The lowest BCUT2D eigenvalue weighted by Crippen LogP contribution is -2.40. The number of carbonyl (C=O) groups is 2. The van der Waals surface area contributed by atoms with Gasteiger partial charge in [0.25, 0.3) is 0 Å². The van der Waals surface area contributed by atoms with E-state index in [0.717, 1.165) is 26.2 Å². The maximum absolute atomic E-state index is 12.4. The molecular formula is C17H36N4O3. The second-order valence-electron chi connectivity index (χ2n) is 7.52. The van der Waals surface area contributed by atoms with Gasteiger partial charge in [0.1, 0.15) is 5.60 Å². The molecule has 1 N–H and O–H groups in total. The van der Waals surface area contributed by atoms with Gasteiger partial charge in [0.2, 0.25) is 5.91 Å². The minimum Gasteiger partial charge on any atom is -0.444 e. The maximum Gasteiger partial charge on any atom is 0.407 e. The van der Waals surface area contributed by atoms with Gasteiger partial charge in [-0.25, -0.2) is 4.79 Å². The van der Waals surface area contributed by atoms with Crippen molar-refractivity contribution < 1.29 is 14.3 Å². The lowest BCUT2D eigenvalue weighted by atomic mass is 10.2. The highest BCUT2D eigenvalue weighted by molar-refractivity contribution is 5.76. The van der Waals surface area contributed by atoms with Crippen LogP contribution >= 0.6 is 0 Å². The van der Waals surface area contributed by atoms with E-state index in [1.54, 1.807) is 0 Å². The Hall–Kier alpha value is -1.34. The van der Waals surface area contributed by atoms with Crippen molar-refractivity contribution >= 4 is 12.0 Å². The number of ether oxygens (including phenoxy) is 1. The Balaban J connectivity index is 4.18. The second kappa shape index (κ2) is 11.3. The molecule has 7 nitrogen and oxygen atoms in total. The van der Waals surface area contributed by atoms with E-state index in [2.05, 4.69) is 15.1 Å². The highest BCUT2D eigenvalue weighted by atomic mass is 16.6. The molecule has 0 aliphatic heterocycles. The second-order valence-corrected chi connectivity index (χ2v) is 7.52. The van der Waals surface area contributed by atoms with E-state index in [1.165, 1.54) is 0 Å². The zero-order valence-electron chi connectivity index (χ0n) is 16.5. The molecule has 0 aromatic carbocycles. The predicted octanol–water partition coefficient (Wildman–Crippen LogP) is 1.24. The summed E-state index contributed by atoms with van der Waals surface area (Å²) in [7, 11) is 8.00. The van der Waals surface area contributed by atoms with Crippen molar-refractivity contribution in [3.8, 4) is 0 Å². The molecule has 24 heavy (non-hydrogen) atoms. The van der Waals surface area contributed by atoms with Crippen molar-refractivity contribution in [1.29, 1.82) is 0 Å². The normalized spacial score (nSPS) is 11.7. The Bertz CT molecular complexity index is 367. The Morgan fingerprint density at radius 1 is 0.917 bits per heavy atom. The molecule has 0 rings (SSSR count). The lowest BCUT2D eigenvalue weighted by molar-refractivity contribution is -0.131. The zero-order chi connectivity index (χ0) is 18.8. The molecule has 2 amide bonds. The van der Waals surface area contributed by atoms with Crippen molar-refractivity contribution in [3.05, 3.63) is 0 Å². The fourth-order valence-electron chi connectivity index (χ4n) is 1.90. The average molecular weight is 345 g/mol. The van der Waals surface area contributed by atoms with Gasteiger partial charge in [0, 0.05) is 39.1 Å². The standard InChI is InChI=1S/C17H36N4O3/c1-17(2,3)24-16(23)18-10-8-9-15(22)21(13-11-19(4)5)14-12-20(6)7/h8-14H2,1-7H3,(H,18,23). The third kappa shape index (κ3) is 13.1. The smallest absolute Gasteiger partial charge is 0.407 e. The first-order valence-electron chi connectivity index (χ1n) is 8.55. The molecule has 0 heterocycles. The van der Waals surface area contributed by atoms with Gasteiger partial charge >= 0.3 is 6.09 Å². The van der Waals surface area contributed by atoms with Gasteiger partial charge in [-0.2, -0.15) is 0 Å². The monoisotopic (exact) mass is 344 g/mol. The molecule has 0 aromatic rings. The van der Waals surface area contributed by atoms with Gasteiger partial charge in [-0.15, -0.1) is 0 Å². The van der Waals surface area contributed by atoms with Crippen molar-refractivity contribution in [2.75, 3.05) is 60.9 Å². The highest BCUT2D eigenvalue weighted by Crippen LogP contribution is 2.06. The number of likely N-dealkylation sites (N-methyl/N-ethyl adjacent to an activating group) is 2. The molecule has 0 bridgehead atoms. The predicted molar refractivity (Wildman–Crippen MR) is 97.2 cm³/mol. The Kier molecular flexibility index (Phi) is 10.6. The van der Waals surface area contributed by atoms with Crippen molar-refractivity contribution in [2.45, 2.75) is 39.2 Å². The molecule has 7 heteroatoms. The summed E-state index contributed by atoms with van der Waals surface area (Å²) in [6.45, 7) is 9.04. The molecule has 142 valence electrons. The van der Waals surface area contributed by atoms with Crippen molar-refractivity contribution in [2.24, 2.45) is 0 Å². The molecule has 0 aromatic heterocycles. The molecule has 0 radical (unpaired) electrons. The largest absolute Gasteiger partial charge is 0.444 e. The summed E-state index contributed by atoms with van der Waals surface area (Å²) >= 11 is 0. The highest BCUT2D eigenvalue weighted by Gasteiger charge is 2.16. The van der Waals surface area contributed by atoms with E-state index in [9.17, 15) is 9.59 Å². The summed E-state index contributed by atoms with van der Waals surface area (Å²) in [5.74, 6) is 0.129. The van der Waals surface area contributed by atoms with E-state index in [4.69, 9.17) is 4.74 Å². The number of rotatable bonds is 10. The quantitative estimate of drug-likeness (QED) is 0.604. The van der Waals surface area contributed by atoms with E-state index in [0.29, 0.717) is 19.4 Å². The number of carbonyl (C=O) groups excluding carboxylic acids is 2. The van der Waals surface area contributed by atoms with Crippen molar-refractivity contribution in [1.82, 2.24) is 20.0 Å². The van der Waals surface area contributed by atoms with Crippen LogP contribution in [0.1, 0.15) is 33.6 Å². The van der Waals surface area contributed by atoms with Gasteiger partial charge in [-0.05, 0) is 55.4 Å². The van der Waals surface area contributed by atoms with Gasteiger partial charge in [0.05, 0.1) is 0 Å². The van der Waals surface area contributed by atoms with E-state index >= 15 is 0 Å². The van der Waals surface area contributed by atoms with Crippen LogP contribution in [0.15, 0.2) is 0 Å². The van der Waals surface area contributed by atoms with Gasteiger partial charge in [-0.3, -0.25) is 4.79 Å². The Labute approximate surface area is 147 Å². The minimum atomic E-state index is -0.505. The summed E-state index contributed by atoms with van der Waals surface area (Å²) in [6, 6.07) is 0. The number of amides is 2. The van der Waals surface area contributed by atoms with Gasteiger partial charge in [0.15, 0.2) is 0 Å². The molecule has 0 fully saturated rings. The number of hydrogen-bond donors (Lipinski definition) is 1. The molecule has 0 spiro atoms. The number of nitrogens with zero attached hydrogens (tertiary/aromatic N) is 3. The van der Waals surface area contributed by atoms with E-state index in [1.807, 2.05) is 53.9 Å². The number of alkyl carbamates (subject to hydrolysis) is 1. The van der Waals surface area contributed by atoms with E-state index in [-0.39, 0.29) is 5.91 Å².